The Bertz CT molecular complexity index is 505. The van der Waals surface area contributed by atoms with Gasteiger partial charge in [-0.05, 0) is 32.2 Å². The maximum absolute atomic E-state index is 5.51. The zero-order chi connectivity index (χ0) is 16.2. The maximum atomic E-state index is 5.51. The number of rotatable bonds is 5. The van der Waals surface area contributed by atoms with Crippen molar-refractivity contribution in [1.29, 1.82) is 0 Å². The van der Waals surface area contributed by atoms with E-state index >= 15 is 0 Å². The molecule has 0 spiro atoms. The van der Waals surface area contributed by atoms with Crippen LogP contribution in [0.1, 0.15) is 56.7 Å². The lowest BCUT2D eigenvalue weighted by Crippen LogP contribution is -2.49. The summed E-state index contributed by atoms with van der Waals surface area (Å²) in [6, 6.07) is 1.40. The molecule has 2 aliphatic heterocycles. The first-order chi connectivity index (χ1) is 11.9. The lowest BCUT2D eigenvalue weighted by Gasteiger charge is -2.39. The Morgan fingerprint density at radius 2 is 1.79 bits per heavy atom. The van der Waals surface area contributed by atoms with Crippen molar-refractivity contribution in [2.75, 3.05) is 39.4 Å². The number of aromatic nitrogens is 2. The van der Waals surface area contributed by atoms with E-state index in [9.17, 15) is 0 Å². The standard InChI is InChI=1S/C19H32N4O/c1-2-6-17(5-1)23-16-20-13-19(23)15-22-8-4-3-7-18(22)14-21-9-11-24-12-10-21/h13,16-18H,1-12,14-15H2/t18-/m0/s1. The van der Waals surface area contributed by atoms with Crippen LogP contribution < -0.4 is 0 Å². The molecule has 1 aromatic rings. The number of nitrogens with zero attached hydrogens (tertiary/aromatic N) is 4. The molecule has 24 heavy (non-hydrogen) atoms. The molecule has 0 unspecified atom stereocenters. The highest BCUT2D eigenvalue weighted by molar-refractivity contribution is 5.02. The fourth-order valence-corrected chi connectivity index (χ4v) is 4.73. The highest BCUT2D eigenvalue weighted by atomic mass is 16.5. The van der Waals surface area contributed by atoms with Gasteiger partial charge in [-0.25, -0.2) is 4.98 Å². The molecule has 0 bridgehead atoms. The zero-order valence-electron chi connectivity index (χ0n) is 14.9. The van der Waals surface area contributed by atoms with Crippen LogP contribution in [0.25, 0.3) is 0 Å². The molecule has 1 aliphatic carbocycles. The molecule has 5 nitrogen and oxygen atoms in total. The van der Waals surface area contributed by atoms with Crippen molar-refractivity contribution in [1.82, 2.24) is 19.4 Å². The fraction of sp³-hybridized carbons (Fsp3) is 0.842. The van der Waals surface area contributed by atoms with E-state index in [-0.39, 0.29) is 0 Å². The van der Waals surface area contributed by atoms with E-state index < -0.39 is 0 Å². The summed E-state index contributed by atoms with van der Waals surface area (Å²) in [5.74, 6) is 0. The Labute approximate surface area is 146 Å². The number of ether oxygens (including phenoxy) is 1. The smallest absolute Gasteiger partial charge is 0.0951 e. The minimum atomic E-state index is 0.698. The molecule has 0 aromatic carbocycles. The molecule has 4 rings (SSSR count). The summed E-state index contributed by atoms with van der Waals surface area (Å²) in [6.07, 6.45) is 13.7. The number of piperidine rings is 1. The van der Waals surface area contributed by atoms with Crippen molar-refractivity contribution in [3.8, 4) is 0 Å². The van der Waals surface area contributed by atoms with E-state index in [1.165, 1.54) is 63.7 Å². The van der Waals surface area contributed by atoms with Crippen LogP contribution in [0.3, 0.4) is 0 Å². The highest BCUT2D eigenvalue weighted by Gasteiger charge is 2.27. The van der Waals surface area contributed by atoms with Gasteiger partial charge in [-0.3, -0.25) is 9.80 Å². The van der Waals surface area contributed by atoms with Gasteiger partial charge in [-0.2, -0.15) is 0 Å². The van der Waals surface area contributed by atoms with Gasteiger partial charge in [0.2, 0.25) is 0 Å². The van der Waals surface area contributed by atoms with Crippen LogP contribution in [0.15, 0.2) is 12.5 Å². The zero-order valence-corrected chi connectivity index (χ0v) is 14.9. The second-order valence-electron chi connectivity index (χ2n) is 7.76. The van der Waals surface area contributed by atoms with Gasteiger partial charge in [0, 0.05) is 44.5 Å². The Hall–Kier alpha value is -0.910. The highest BCUT2D eigenvalue weighted by Crippen LogP contribution is 2.31. The summed E-state index contributed by atoms with van der Waals surface area (Å²) >= 11 is 0. The summed E-state index contributed by atoms with van der Waals surface area (Å²) < 4.78 is 7.99. The minimum absolute atomic E-state index is 0.698. The van der Waals surface area contributed by atoms with Crippen LogP contribution in [0.5, 0.6) is 0 Å². The predicted octanol–water partition coefficient (Wildman–Crippen LogP) is 2.68. The second-order valence-corrected chi connectivity index (χ2v) is 7.76. The van der Waals surface area contributed by atoms with E-state index in [1.54, 1.807) is 0 Å². The van der Waals surface area contributed by atoms with Gasteiger partial charge in [0.05, 0.1) is 25.2 Å². The molecular formula is C19H32N4O. The number of hydrogen-bond acceptors (Lipinski definition) is 4. The van der Waals surface area contributed by atoms with Crippen molar-refractivity contribution in [3.63, 3.8) is 0 Å². The summed E-state index contributed by atoms with van der Waals surface area (Å²) in [4.78, 5) is 9.80. The molecule has 0 amide bonds. The van der Waals surface area contributed by atoms with Crippen LogP contribution in [0, 0.1) is 0 Å². The van der Waals surface area contributed by atoms with E-state index in [1.807, 2.05) is 0 Å². The third-order valence-corrected chi connectivity index (χ3v) is 6.15. The van der Waals surface area contributed by atoms with Crippen LogP contribution in [0.2, 0.25) is 0 Å². The van der Waals surface area contributed by atoms with Gasteiger partial charge in [0.25, 0.3) is 0 Å². The van der Waals surface area contributed by atoms with Gasteiger partial charge in [0.15, 0.2) is 0 Å². The number of hydrogen-bond donors (Lipinski definition) is 0. The molecule has 2 saturated heterocycles. The van der Waals surface area contributed by atoms with Gasteiger partial charge in [0.1, 0.15) is 0 Å². The topological polar surface area (TPSA) is 33.5 Å². The van der Waals surface area contributed by atoms with Crippen LogP contribution in [-0.2, 0) is 11.3 Å². The Kier molecular flexibility index (Phi) is 5.50. The van der Waals surface area contributed by atoms with E-state index in [0.29, 0.717) is 12.1 Å². The van der Waals surface area contributed by atoms with Crippen molar-refractivity contribution >= 4 is 0 Å². The van der Waals surface area contributed by atoms with Crippen molar-refractivity contribution < 1.29 is 4.74 Å². The number of likely N-dealkylation sites (tertiary alicyclic amines) is 1. The third kappa shape index (κ3) is 3.84. The minimum Gasteiger partial charge on any atom is -0.379 e. The van der Waals surface area contributed by atoms with Gasteiger partial charge in [-0.1, -0.05) is 19.3 Å². The van der Waals surface area contributed by atoms with E-state index in [0.717, 1.165) is 32.8 Å². The molecule has 0 N–H and O–H groups in total. The fourth-order valence-electron chi connectivity index (χ4n) is 4.73. The molecule has 1 saturated carbocycles. The van der Waals surface area contributed by atoms with Crippen molar-refractivity contribution in [2.24, 2.45) is 0 Å². The first-order valence-corrected chi connectivity index (χ1v) is 9.95. The first-order valence-electron chi connectivity index (χ1n) is 9.95. The largest absolute Gasteiger partial charge is 0.379 e. The lowest BCUT2D eigenvalue weighted by atomic mass is 10.0. The molecule has 3 fully saturated rings. The van der Waals surface area contributed by atoms with Crippen LogP contribution >= 0.6 is 0 Å². The average Bonchev–Trinajstić information content (AvgIpc) is 3.29. The average molecular weight is 332 g/mol. The molecule has 134 valence electrons. The SMILES string of the molecule is c1ncn(C2CCCC2)c1CN1CCCC[C@H]1CN1CCOCC1. The van der Waals surface area contributed by atoms with Crippen molar-refractivity contribution in [3.05, 3.63) is 18.2 Å². The van der Waals surface area contributed by atoms with E-state index in [2.05, 4.69) is 31.9 Å². The number of morpholine rings is 1. The predicted molar refractivity (Wildman–Crippen MR) is 95.0 cm³/mol. The maximum Gasteiger partial charge on any atom is 0.0951 e. The Morgan fingerprint density at radius 3 is 2.62 bits per heavy atom. The molecule has 5 heteroatoms. The first kappa shape index (κ1) is 16.6. The van der Waals surface area contributed by atoms with Crippen LogP contribution in [0.4, 0.5) is 0 Å². The normalized spacial score (nSPS) is 27.8. The Balaban J connectivity index is 1.40. The summed E-state index contributed by atoms with van der Waals surface area (Å²) in [6.45, 7) is 7.54. The lowest BCUT2D eigenvalue weighted by molar-refractivity contribution is 0.0148. The Morgan fingerprint density at radius 1 is 1.00 bits per heavy atom. The molecule has 1 aromatic heterocycles. The molecule has 1 atom stereocenters. The summed E-state index contributed by atoms with van der Waals surface area (Å²) in [5.41, 5.74) is 1.43. The molecule has 3 aliphatic rings. The molecular weight excluding hydrogens is 300 g/mol. The van der Waals surface area contributed by atoms with Crippen molar-refractivity contribution in [2.45, 2.75) is 63.6 Å². The quantitative estimate of drug-likeness (QED) is 0.830. The van der Waals surface area contributed by atoms with Gasteiger partial charge in [-0.15, -0.1) is 0 Å². The molecule has 3 heterocycles. The monoisotopic (exact) mass is 332 g/mol. The van der Waals surface area contributed by atoms with Gasteiger partial charge < -0.3 is 9.30 Å². The van der Waals surface area contributed by atoms with Crippen LogP contribution in [-0.4, -0.2) is 64.8 Å². The van der Waals surface area contributed by atoms with E-state index in [4.69, 9.17) is 4.74 Å². The number of imidazole rings is 1. The van der Waals surface area contributed by atoms with Gasteiger partial charge >= 0.3 is 0 Å². The summed E-state index contributed by atoms with van der Waals surface area (Å²) in [5, 5.41) is 0. The third-order valence-electron chi connectivity index (χ3n) is 6.15. The summed E-state index contributed by atoms with van der Waals surface area (Å²) in [7, 11) is 0. The molecule has 0 radical (unpaired) electrons. The second kappa shape index (κ2) is 7.98.